The first-order valence-electron chi connectivity index (χ1n) is 5.43. The first-order chi connectivity index (χ1) is 9.63. The Morgan fingerprint density at radius 1 is 0.810 bits per heavy atom. The van der Waals surface area contributed by atoms with E-state index in [1.807, 2.05) is 0 Å². The molecule has 0 aromatic carbocycles. The second-order valence-electron chi connectivity index (χ2n) is 3.59. The number of carboxylic acids is 3. The summed E-state index contributed by atoms with van der Waals surface area (Å²) in [6, 6.07) is -2.35. The van der Waals surface area contributed by atoms with E-state index in [1.54, 1.807) is 0 Å². The molecule has 0 aromatic heterocycles. The van der Waals surface area contributed by atoms with Crippen LogP contribution in [0.25, 0.3) is 0 Å². The van der Waals surface area contributed by atoms with Crippen LogP contribution in [0.5, 0.6) is 0 Å². The molecule has 3 atom stereocenters. The normalized spacial score (nSPS) is 14.3. The van der Waals surface area contributed by atoms with Gasteiger partial charge in [-0.05, 0) is 0 Å². The summed E-state index contributed by atoms with van der Waals surface area (Å²) in [5, 5.41) is 26.3. The topological polar surface area (TPSA) is 190 Å². The maximum atomic E-state index is 10.3. The zero-order valence-electron chi connectivity index (χ0n) is 10.9. The summed E-state index contributed by atoms with van der Waals surface area (Å²) in [5.41, 5.74) is 15.5. The summed E-state index contributed by atoms with van der Waals surface area (Å²) in [7, 11) is 0. The molecule has 12 heteroatoms. The van der Waals surface area contributed by atoms with Crippen LogP contribution in [-0.4, -0.2) is 93.6 Å². The van der Waals surface area contributed by atoms with Crippen molar-refractivity contribution in [3.63, 3.8) is 0 Å². The molecule has 0 rings (SSSR count). The van der Waals surface area contributed by atoms with Gasteiger partial charge in [-0.25, -0.2) is 0 Å². The number of nitrogens with two attached hydrogens (primary N) is 3. The Morgan fingerprint density at radius 3 is 1.24 bits per heavy atom. The molecule has 0 bridgehead atoms. The van der Waals surface area contributed by atoms with Crippen LogP contribution in [0.2, 0.25) is 16.0 Å². The summed E-state index contributed by atoms with van der Waals surface area (Å²) < 4.78 is 0. The first kappa shape index (κ1) is 23.1. The van der Waals surface area contributed by atoms with Crippen molar-refractivity contribution in [3.8, 4) is 0 Å². The molecule has 0 aliphatic carbocycles. The minimum atomic E-state index is -1.01. The molecular formula is C9H19N3O6Se3. The van der Waals surface area contributed by atoms with Gasteiger partial charge >= 0.3 is 141 Å². The molecular weight excluding hydrogens is 483 g/mol. The molecule has 0 amide bonds. The van der Waals surface area contributed by atoms with Crippen LogP contribution in [0.4, 0.5) is 0 Å². The number of hydrogen-bond acceptors (Lipinski definition) is 6. The molecule has 0 heterocycles. The molecule has 21 heavy (non-hydrogen) atoms. The third kappa shape index (κ3) is 14.5. The number of hydrogen-bond donors (Lipinski definition) is 6. The fourth-order valence-electron chi connectivity index (χ4n) is 0.464. The molecule has 0 spiro atoms. The van der Waals surface area contributed by atoms with Gasteiger partial charge in [-0.15, -0.1) is 0 Å². The molecule has 0 aliphatic rings. The average molecular weight is 502 g/mol. The van der Waals surface area contributed by atoms with Gasteiger partial charge in [0.05, 0.1) is 0 Å². The van der Waals surface area contributed by atoms with E-state index in [1.165, 1.54) is 0 Å². The van der Waals surface area contributed by atoms with Gasteiger partial charge in [0.1, 0.15) is 0 Å². The van der Waals surface area contributed by atoms with Gasteiger partial charge in [0.15, 0.2) is 0 Å². The summed E-state index contributed by atoms with van der Waals surface area (Å²) in [6.07, 6.45) is 0. The van der Waals surface area contributed by atoms with Gasteiger partial charge in [-0.3, -0.25) is 0 Å². The van der Waals surface area contributed by atoms with Gasteiger partial charge in [-0.1, -0.05) is 0 Å². The van der Waals surface area contributed by atoms with E-state index in [2.05, 4.69) is 16.0 Å². The summed E-state index contributed by atoms with van der Waals surface area (Å²) >= 11 is 2.34. The van der Waals surface area contributed by atoms with E-state index in [9.17, 15) is 14.4 Å². The third-order valence-corrected chi connectivity index (χ3v) is 9.76. The van der Waals surface area contributed by atoms with Crippen molar-refractivity contribution in [2.45, 2.75) is 34.1 Å². The van der Waals surface area contributed by atoms with Crippen LogP contribution in [0.1, 0.15) is 0 Å². The molecule has 0 unspecified atom stereocenters. The molecule has 0 saturated heterocycles. The Hall–Kier alpha value is -0.152. The van der Waals surface area contributed by atoms with E-state index >= 15 is 0 Å². The van der Waals surface area contributed by atoms with Crippen molar-refractivity contribution in [1.29, 1.82) is 0 Å². The fourth-order valence-corrected chi connectivity index (χ4v) is 7.70. The number of carbonyl (C=O) groups is 3. The van der Waals surface area contributed by atoms with Crippen molar-refractivity contribution in [1.82, 2.24) is 0 Å². The first-order valence-corrected chi connectivity index (χ1v) is 13.5. The Balaban J connectivity index is 0. The van der Waals surface area contributed by atoms with Crippen molar-refractivity contribution < 1.29 is 29.7 Å². The van der Waals surface area contributed by atoms with Gasteiger partial charge in [0, 0.05) is 0 Å². The second kappa shape index (κ2) is 13.5. The SMILES string of the molecule is N[C@@H](C[SeH])C(=O)O.N[C@@H](C[Se][Se]C[C@H](N)C(=O)O)C(=O)O. The van der Waals surface area contributed by atoms with Crippen LogP contribution < -0.4 is 17.2 Å². The zero-order valence-corrected chi connectivity index (χ0v) is 16.2. The van der Waals surface area contributed by atoms with E-state index in [4.69, 9.17) is 32.5 Å². The molecule has 0 aromatic rings. The number of carboxylic acid groups (broad SMARTS) is 3. The van der Waals surface area contributed by atoms with Crippen molar-refractivity contribution in [2.24, 2.45) is 17.2 Å². The van der Waals surface area contributed by atoms with Crippen molar-refractivity contribution >= 4 is 60.2 Å². The van der Waals surface area contributed by atoms with Crippen LogP contribution in [0.3, 0.4) is 0 Å². The number of aliphatic carboxylic acids is 3. The molecule has 9 N–H and O–H groups in total. The quantitative estimate of drug-likeness (QED) is 0.139. The molecule has 0 radical (unpaired) electrons. The Labute approximate surface area is 141 Å². The van der Waals surface area contributed by atoms with E-state index in [0.29, 0.717) is 16.0 Å². The minimum absolute atomic E-state index is 0.109. The molecule has 124 valence electrons. The molecule has 9 nitrogen and oxygen atoms in total. The Morgan fingerprint density at radius 2 is 1.10 bits per heavy atom. The summed E-state index contributed by atoms with van der Waals surface area (Å²) in [4.78, 5) is 30.4. The maximum absolute atomic E-state index is 10.3. The van der Waals surface area contributed by atoms with E-state index in [-0.39, 0.29) is 26.3 Å². The number of rotatable bonds is 9. The third-order valence-electron chi connectivity index (χ3n) is 1.73. The fraction of sp³-hybridized carbons (Fsp3) is 0.667. The predicted octanol–water partition coefficient (Wildman–Crippen LogP) is -3.31. The summed E-state index contributed by atoms with van der Waals surface area (Å²) in [5.74, 6) is -2.96. The van der Waals surface area contributed by atoms with Gasteiger partial charge in [0.2, 0.25) is 0 Å². The van der Waals surface area contributed by atoms with Crippen LogP contribution in [0.15, 0.2) is 0 Å². The zero-order chi connectivity index (χ0) is 17.0. The van der Waals surface area contributed by atoms with E-state index < -0.39 is 36.0 Å². The Bertz CT molecular complexity index is 325. The van der Waals surface area contributed by atoms with Gasteiger partial charge in [0.25, 0.3) is 0 Å². The van der Waals surface area contributed by atoms with Crippen LogP contribution in [-0.2, 0) is 14.4 Å². The van der Waals surface area contributed by atoms with Crippen LogP contribution >= 0.6 is 0 Å². The van der Waals surface area contributed by atoms with Crippen molar-refractivity contribution in [2.75, 3.05) is 0 Å². The van der Waals surface area contributed by atoms with Gasteiger partial charge in [-0.2, -0.15) is 0 Å². The van der Waals surface area contributed by atoms with E-state index in [0.717, 1.165) is 0 Å². The molecule has 0 aliphatic heterocycles. The van der Waals surface area contributed by atoms with Crippen molar-refractivity contribution in [3.05, 3.63) is 0 Å². The standard InChI is InChI=1S/C6H12N2O4Se2.C3H7NO2Se/c7-3(5(9)10)1-13-14-2-4(8)6(11)12;4-2(1-7)3(5)6/h3-4H,1-2,7-8H2,(H,9,10)(H,11,12);2,7H,1,4H2,(H,5,6)/t3-,4-;2-/m00/s1. The Kier molecular flexibility index (Phi) is 14.9. The monoisotopic (exact) mass is 505 g/mol. The molecule has 0 saturated carbocycles. The van der Waals surface area contributed by atoms with Gasteiger partial charge < -0.3 is 0 Å². The second-order valence-corrected chi connectivity index (χ2v) is 11.9. The summed E-state index contributed by atoms with van der Waals surface area (Å²) in [6.45, 7) is 0. The predicted molar refractivity (Wildman–Crippen MR) is 79.9 cm³/mol. The average Bonchev–Trinajstić information content (AvgIpc) is 2.42. The molecule has 0 fully saturated rings. The van der Waals surface area contributed by atoms with Crippen LogP contribution in [0, 0.1) is 0 Å².